The zero-order valence-corrected chi connectivity index (χ0v) is 14.0. The molecule has 21 heavy (non-hydrogen) atoms. The Hall–Kier alpha value is -0.690. The summed E-state index contributed by atoms with van der Waals surface area (Å²) in [6.45, 7) is 2.57. The Morgan fingerprint density at radius 1 is 1.33 bits per heavy atom. The van der Waals surface area contributed by atoms with Gasteiger partial charge >= 0.3 is 0 Å². The Morgan fingerprint density at radius 2 is 1.95 bits per heavy atom. The van der Waals surface area contributed by atoms with E-state index in [0.29, 0.717) is 17.8 Å². The Morgan fingerprint density at radius 3 is 2.52 bits per heavy atom. The Balaban J connectivity index is 2.25. The number of phenols is 1. The van der Waals surface area contributed by atoms with E-state index in [1.165, 1.54) is 19.2 Å². The van der Waals surface area contributed by atoms with Crippen molar-refractivity contribution in [1.29, 1.82) is 0 Å². The van der Waals surface area contributed by atoms with Crippen molar-refractivity contribution in [2.24, 2.45) is 0 Å². The van der Waals surface area contributed by atoms with Crippen LogP contribution < -0.4 is 4.31 Å². The van der Waals surface area contributed by atoms with Crippen molar-refractivity contribution in [2.75, 3.05) is 24.4 Å². The molecule has 8 heteroatoms. The lowest BCUT2D eigenvalue weighted by atomic mass is 10.1. The highest BCUT2D eigenvalue weighted by Crippen LogP contribution is 2.29. The maximum atomic E-state index is 12.0. The standard InChI is InChI=1S/C13H18Cl2N2O3S/c1-16(21(19,20)13(14)15)11-4-5-12(18)10(8-11)9-17-6-2-3-7-17/h4-5,8,13,18H,2-3,6-7,9H2,1H3. The molecule has 1 saturated heterocycles. The zero-order valence-electron chi connectivity index (χ0n) is 11.7. The average molecular weight is 353 g/mol. The van der Waals surface area contributed by atoms with Gasteiger partial charge in [0, 0.05) is 19.2 Å². The number of sulfonamides is 1. The van der Waals surface area contributed by atoms with Crippen LogP contribution in [0.2, 0.25) is 0 Å². The highest BCUT2D eigenvalue weighted by Gasteiger charge is 2.27. The summed E-state index contributed by atoms with van der Waals surface area (Å²) in [5, 5.41) is 9.94. The maximum absolute atomic E-state index is 12.0. The molecule has 0 aliphatic carbocycles. The number of alkyl halides is 2. The molecule has 0 aromatic heterocycles. The predicted molar refractivity (Wildman–Crippen MR) is 85.4 cm³/mol. The zero-order chi connectivity index (χ0) is 15.6. The normalized spacial score (nSPS) is 16.6. The first-order valence-electron chi connectivity index (χ1n) is 6.62. The molecule has 118 valence electrons. The third-order valence-electron chi connectivity index (χ3n) is 3.63. The van der Waals surface area contributed by atoms with Crippen LogP contribution in [0.3, 0.4) is 0 Å². The second-order valence-corrected chi connectivity index (χ2v) is 8.73. The Bertz CT molecular complexity index is 601. The largest absolute Gasteiger partial charge is 0.508 e. The molecule has 1 N–H and O–H groups in total. The van der Waals surface area contributed by atoms with E-state index in [9.17, 15) is 13.5 Å². The molecule has 1 heterocycles. The van der Waals surface area contributed by atoms with Gasteiger partial charge in [-0.1, -0.05) is 23.2 Å². The SMILES string of the molecule is CN(c1ccc(O)c(CN2CCCC2)c1)S(=O)(=O)C(Cl)Cl. The molecule has 5 nitrogen and oxygen atoms in total. The number of aromatic hydroxyl groups is 1. The summed E-state index contributed by atoms with van der Waals surface area (Å²) in [6, 6.07) is 4.67. The minimum Gasteiger partial charge on any atom is -0.508 e. The molecule has 1 fully saturated rings. The first kappa shape index (κ1) is 16.7. The summed E-state index contributed by atoms with van der Waals surface area (Å²) < 4.78 is 23.4. The van der Waals surface area contributed by atoms with Crippen molar-refractivity contribution in [3.63, 3.8) is 0 Å². The highest BCUT2D eigenvalue weighted by molar-refractivity contribution is 7.95. The summed E-state index contributed by atoms with van der Waals surface area (Å²) in [7, 11) is -2.43. The molecule has 1 aliphatic heterocycles. The van der Waals surface area contributed by atoms with Crippen LogP contribution in [-0.2, 0) is 16.6 Å². The van der Waals surface area contributed by atoms with Crippen LogP contribution in [0.1, 0.15) is 18.4 Å². The van der Waals surface area contributed by atoms with E-state index in [4.69, 9.17) is 23.2 Å². The Kier molecular flexibility index (Phi) is 5.24. The van der Waals surface area contributed by atoms with E-state index >= 15 is 0 Å². The first-order chi connectivity index (χ1) is 9.82. The maximum Gasteiger partial charge on any atom is 0.266 e. The van der Waals surface area contributed by atoms with E-state index in [1.807, 2.05) is 0 Å². The summed E-state index contributed by atoms with van der Waals surface area (Å²) in [6.07, 6.45) is 2.30. The summed E-state index contributed by atoms with van der Waals surface area (Å²) in [4.78, 5) is 2.22. The van der Waals surface area contributed by atoms with Gasteiger partial charge in [-0.05, 0) is 44.1 Å². The number of hydrogen-bond donors (Lipinski definition) is 1. The van der Waals surface area contributed by atoms with Gasteiger partial charge in [-0.2, -0.15) is 0 Å². The molecule has 1 aliphatic rings. The van der Waals surface area contributed by atoms with Crippen molar-refractivity contribution in [2.45, 2.75) is 23.6 Å². The van der Waals surface area contributed by atoms with Crippen LogP contribution in [0, 0.1) is 0 Å². The monoisotopic (exact) mass is 352 g/mol. The third-order valence-corrected chi connectivity index (χ3v) is 6.40. The highest BCUT2D eigenvalue weighted by atomic mass is 35.5. The molecule has 0 atom stereocenters. The van der Waals surface area contributed by atoms with Crippen molar-refractivity contribution in [3.8, 4) is 5.75 Å². The van der Waals surface area contributed by atoms with Gasteiger partial charge in [0.1, 0.15) is 5.75 Å². The average Bonchev–Trinajstić information content (AvgIpc) is 2.93. The molecule has 0 bridgehead atoms. The number of rotatable bonds is 5. The van der Waals surface area contributed by atoms with Crippen LogP contribution in [0.15, 0.2) is 18.2 Å². The number of phenolic OH excluding ortho intramolecular Hbond substituents is 1. The van der Waals surface area contributed by atoms with Gasteiger partial charge in [-0.15, -0.1) is 0 Å². The number of nitrogens with zero attached hydrogens (tertiary/aromatic N) is 2. The topological polar surface area (TPSA) is 60.9 Å². The molecule has 0 radical (unpaired) electrons. The fraction of sp³-hybridized carbons (Fsp3) is 0.538. The third kappa shape index (κ3) is 3.74. The summed E-state index contributed by atoms with van der Waals surface area (Å²) in [5.41, 5.74) is 1.12. The minimum atomic E-state index is -3.82. The van der Waals surface area contributed by atoms with Crippen LogP contribution >= 0.6 is 23.2 Å². The van der Waals surface area contributed by atoms with E-state index in [0.717, 1.165) is 30.2 Å². The molecule has 2 rings (SSSR count). The van der Waals surface area contributed by atoms with Gasteiger partial charge in [-0.25, -0.2) is 8.42 Å². The van der Waals surface area contributed by atoms with Crippen molar-refractivity contribution < 1.29 is 13.5 Å². The molecule has 0 unspecified atom stereocenters. The van der Waals surface area contributed by atoms with E-state index in [-0.39, 0.29) is 5.75 Å². The van der Waals surface area contributed by atoms with Crippen LogP contribution in [-0.4, -0.2) is 42.7 Å². The quantitative estimate of drug-likeness (QED) is 0.827. The van der Waals surface area contributed by atoms with Gasteiger partial charge in [0.2, 0.25) is 4.17 Å². The summed E-state index contributed by atoms with van der Waals surface area (Å²) >= 11 is 11.0. The lowest BCUT2D eigenvalue weighted by Gasteiger charge is -2.22. The summed E-state index contributed by atoms with van der Waals surface area (Å²) in [5.74, 6) is 0.157. The van der Waals surface area contributed by atoms with E-state index in [1.54, 1.807) is 6.07 Å². The smallest absolute Gasteiger partial charge is 0.266 e. The second kappa shape index (κ2) is 6.60. The number of hydrogen-bond acceptors (Lipinski definition) is 4. The molecule has 1 aromatic rings. The van der Waals surface area contributed by atoms with E-state index in [2.05, 4.69) is 4.90 Å². The fourth-order valence-electron chi connectivity index (χ4n) is 2.34. The number of anilines is 1. The van der Waals surface area contributed by atoms with E-state index < -0.39 is 14.2 Å². The van der Waals surface area contributed by atoms with Crippen LogP contribution in [0.25, 0.3) is 0 Å². The number of benzene rings is 1. The van der Waals surface area contributed by atoms with Crippen molar-refractivity contribution >= 4 is 38.9 Å². The van der Waals surface area contributed by atoms with Crippen molar-refractivity contribution in [1.82, 2.24) is 4.90 Å². The second-order valence-electron chi connectivity index (χ2n) is 5.07. The van der Waals surface area contributed by atoms with Gasteiger partial charge in [0.15, 0.2) is 0 Å². The lowest BCUT2D eigenvalue weighted by molar-refractivity contribution is 0.324. The lowest BCUT2D eigenvalue weighted by Crippen LogP contribution is -2.31. The van der Waals surface area contributed by atoms with Crippen LogP contribution in [0.5, 0.6) is 5.75 Å². The van der Waals surface area contributed by atoms with Crippen LogP contribution in [0.4, 0.5) is 5.69 Å². The number of halogens is 2. The molecular weight excluding hydrogens is 335 g/mol. The molecule has 0 amide bonds. The fourth-order valence-corrected chi connectivity index (χ4v) is 3.71. The molecule has 1 aromatic carbocycles. The van der Waals surface area contributed by atoms with Gasteiger partial charge < -0.3 is 5.11 Å². The molecular formula is C13H18Cl2N2O3S. The molecule has 0 saturated carbocycles. The van der Waals surface area contributed by atoms with Gasteiger partial charge in [-0.3, -0.25) is 9.21 Å². The van der Waals surface area contributed by atoms with Gasteiger partial charge in [0.25, 0.3) is 10.0 Å². The molecule has 0 spiro atoms. The van der Waals surface area contributed by atoms with Gasteiger partial charge in [0.05, 0.1) is 5.69 Å². The number of likely N-dealkylation sites (tertiary alicyclic amines) is 1. The predicted octanol–water partition coefficient (Wildman–Crippen LogP) is 2.52. The Labute approximate surface area is 135 Å². The first-order valence-corrected chi connectivity index (χ1v) is 9.00. The van der Waals surface area contributed by atoms with Crippen molar-refractivity contribution in [3.05, 3.63) is 23.8 Å². The minimum absolute atomic E-state index is 0.157.